The average Bonchev–Trinajstić information content (AvgIpc) is 2.23. The number of hydrogen-bond donors (Lipinski definition) is 2. The van der Waals surface area contributed by atoms with Gasteiger partial charge in [0, 0.05) is 5.56 Å². The van der Waals surface area contributed by atoms with Crippen molar-refractivity contribution in [2.45, 2.75) is 12.4 Å². The quantitative estimate of drug-likeness (QED) is 0.853. The fraction of sp³-hybridized carbons (Fsp3) is 0.300. The monoisotopic (exact) mass is 313 g/mol. The van der Waals surface area contributed by atoms with E-state index in [4.69, 9.17) is 5.11 Å². The van der Waals surface area contributed by atoms with Crippen LogP contribution in [0.1, 0.15) is 11.6 Å². The number of ether oxygens (including phenoxy) is 1. The Morgan fingerprint density at radius 1 is 1.35 bits per heavy atom. The maximum Gasteiger partial charge on any atom is 0.573 e. The normalized spacial score (nSPS) is 13.8. The molecule has 10 heteroatoms. The van der Waals surface area contributed by atoms with Crippen molar-refractivity contribution in [1.29, 1.82) is 0 Å². The van der Waals surface area contributed by atoms with Gasteiger partial charge in [0.15, 0.2) is 0 Å². The molecule has 2 N–H and O–H groups in total. The fourth-order valence-electron chi connectivity index (χ4n) is 1.40. The lowest BCUT2D eigenvalue weighted by Gasteiger charge is -2.18. The van der Waals surface area contributed by atoms with Gasteiger partial charge in [0.1, 0.15) is 11.8 Å². The van der Waals surface area contributed by atoms with Gasteiger partial charge in [0.2, 0.25) is 10.0 Å². The van der Waals surface area contributed by atoms with Crippen molar-refractivity contribution in [2.24, 2.45) is 0 Å². The maximum atomic E-state index is 12.2. The van der Waals surface area contributed by atoms with Crippen LogP contribution < -0.4 is 9.46 Å². The highest BCUT2D eigenvalue weighted by molar-refractivity contribution is 7.88. The number of alkyl halides is 3. The second-order valence-corrected chi connectivity index (χ2v) is 5.53. The zero-order chi connectivity index (χ0) is 15.6. The predicted octanol–water partition coefficient (Wildman–Crippen LogP) is 1.26. The van der Waals surface area contributed by atoms with Crippen LogP contribution in [0.3, 0.4) is 0 Å². The van der Waals surface area contributed by atoms with Crippen LogP contribution >= 0.6 is 0 Å². The number of sulfonamides is 1. The highest BCUT2D eigenvalue weighted by Crippen LogP contribution is 2.30. The van der Waals surface area contributed by atoms with Crippen LogP contribution in [-0.2, 0) is 14.8 Å². The molecule has 0 aromatic heterocycles. The van der Waals surface area contributed by atoms with E-state index < -0.39 is 39.7 Å². The van der Waals surface area contributed by atoms with Crippen molar-refractivity contribution in [3.05, 3.63) is 29.8 Å². The zero-order valence-electron chi connectivity index (χ0n) is 10.0. The number of aliphatic carboxylic acids is 1. The van der Waals surface area contributed by atoms with E-state index in [2.05, 4.69) is 4.74 Å². The predicted molar refractivity (Wildman–Crippen MR) is 61.5 cm³/mol. The lowest BCUT2D eigenvalue weighted by Crippen LogP contribution is -2.33. The Morgan fingerprint density at radius 2 is 1.90 bits per heavy atom. The molecule has 1 aromatic carbocycles. The van der Waals surface area contributed by atoms with Gasteiger partial charge in [-0.05, 0) is 6.07 Å². The molecule has 1 atom stereocenters. The molecule has 0 saturated carbocycles. The first-order valence-electron chi connectivity index (χ1n) is 5.04. The standard InChI is InChI=1S/C10H10F3NO5S/c1-20(17,18)14-8(9(15)16)6-4-2-3-5-7(6)19-10(11,12)13/h2-5,8,14H,1H3,(H,15,16). The van der Waals surface area contributed by atoms with Crippen molar-refractivity contribution in [3.63, 3.8) is 0 Å². The zero-order valence-corrected chi connectivity index (χ0v) is 10.8. The minimum Gasteiger partial charge on any atom is -0.480 e. The summed E-state index contributed by atoms with van der Waals surface area (Å²) < 4.78 is 64.2. The fourth-order valence-corrected chi connectivity index (χ4v) is 2.05. The third-order valence-corrected chi connectivity index (χ3v) is 2.70. The van der Waals surface area contributed by atoms with Crippen molar-refractivity contribution in [3.8, 4) is 5.75 Å². The Bertz CT molecular complexity index is 599. The first kappa shape index (κ1) is 16.2. The Labute approximate surface area is 112 Å². The molecule has 0 saturated heterocycles. The molecule has 6 nitrogen and oxygen atoms in total. The van der Waals surface area contributed by atoms with Crippen LogP contribution in [0.15, 0.2) is 24.3 Å². The smallest absolute Gasteiger partial charge is 0.480 e. The highest BCUT2D eigenvalue weighted by Gasteiger charge is 2.34. The summed E-state index contributed by atoms with van der Waals surface area (Å²) in [5, 5.41) is 8.95. The van der Waals surface area contributed by atoms with E-state index in [9.17, 15) is 26.4 Å². The Morgan fingerprint density at radius 3 is 2.35 bits per heavy atom. The Balaban J connectivity index is 3.24. The van der Waals surface area contributed by atoms with Crippen LogP contribution in [0.2, 0.25) is 0 Å². The van der Waals surface area contributed by atoms with Crippen molar-refractivity contribution < 1.29 is 36.2 Å². The molecule has 0 aliphatic rings. The molecule has 1 unspecified atom stereocenters. The number of hydrogen-bond acceptors (Lipinski definition) is 4. The second-order valence-electron chi connectivity index (χ2n) is 3.75. The molecule has 1 rings (SSSR count). The van der Waals surface area contributed by atoms with Gasteiger partial charge in [0.25, 0.3) is 0 Å². The molecule has 112 valence electrons. The molecule has 0 amide bonds. The van der Waals surface area contributed by atoms with Gasteiger partial charge in [0.05, 0.1) is 6.26 Å². The van der Waals surface area contributed by atoms with Gasteiger partial charge >= 0.3 is 12.3 Å². The Kier molecular flexibility index (Phi) is 4.61. The van der Waals surface area contributed by atoms with Gasteiger partial charge < -0.3 is 9.84 Å². The first-order chi connectivity index (χ1) is 8.99. The number of carboxylic acids is 1. The molecule has 0 aliphatic carbocycles. The number of benzene rings is 1. The summed E-state index contributed by atoms with van der Waals surface area (Å²) in [5.41, 5.74) is -0.456. The SMILES string of the molecule is CS(=O)(=O)NC(C(=O)O)c1ccccc1OC(F)(F)F. The molecular formula is C10H10F3NO5S. The van der Waals surface area contributed by atoms with Crippen molar-refractivity contribution in [2.75, 3.05) is 6.26 Å². The molecule has 0 heterocycles. The number of nitrogens with one attached hydrogen (secondary N) is 1. The molecular weight excluding hydrogens is 303 g/mol. The van der Waals surface area contributed by atoms with E-state index in [1.165, 1.54) is 12.1 Å². The second kappa shape index (κ2) is 5.67. The largest absolute Gasteiger partial charge is 0.573 e. The summed E-state index contributed by atoms with van der Waals surface area (Å²) in [5.74, 6) is -2.45. The summed E-state index contributed by atoms with van der Waals surface area (Å²) in [6.45, 7) is 0. The summed E-state index contributed by atoms with van der Waals surface area (Å²) in [6.07, 6.45) is -4.33. The lowest BCUT2D eigenvalue weighted by molar-refractivity contribution is -0.275. The number of rotatable bonds is 5. The summed E-state index contributed by atoms with van der Waals surface area (Å²) in [4.78, 5) is 11.0. The number of para-hydroxylation sites is 1. The number of halogens is 3. The molecule has 0 aliphatic heterocycles. The summed E-state index contributed by atoms with van der Waals surface area (Å²) in [7, 11) is -3.94. The number of carbonyl (C=O) groups is 1. The maximum absolute atomic E-state index is 12.2. The number of carboxylic acid groups (broad SMARTS) is 1. The van der Waals surface area contributed by atoms with Gasteiger partial charge in [-0.25, -0.2) is 8.42 Å². The highest BCUT2D eigenvalue weighted by atomic mass is 32.2. The van der Waals surface area contributed by atoms with Crippen molar-refractivity contribution >= 4 is 16.0 Å². The van der Waals surface area contributed by atoms with Gasteiger partial charge in [-0.15, -0.1) is 13.2 Å². The lowest BCUT2D eigenvalue weighted by atomic mass is 10.1. The van der Waals surface area contributed by atoms with E-state index in [0.29, 0.717) is 6.26 Å². The van der Waals surface area contributed by atoms with Crippen LogP contribution in [0, 0.1) is 0 Å². The summed E-state index contributed by atoms with van der Waals surface area (Å²) in [6, 6.07) is 2.49. The van der Waals surface area contributed by atoms with E-state index >= 15 is 0 Å². The van der Waals surface area contributed by atoms with Gasteiger partial charge in [-0.1, -0.05) is 18.2 Å². The minimum absolute atomic E-state index is 0.456. The molecule has 0 radical (unpaired) electrons. The third-order valence-electron chi connectivity index (χ3n) is 2.03. The molecule has 20 heavy (non-hydrogen) atoms. The molecule has 0 fully saturated rings. The minimum atomic E-state index is -5.02. The van der Waals surface area contributed by atoms with E-state index in [1.807, 2.05) is 0 Å². The van der Waals surface area contributed by atoms with Crippen LogP contribution in [0.5, 0.6) is 5.75 Å². The molecule has 0 bridgehead atoms. The van der Waals surface area contributed by atoms with Crippen LogP contribution in [0.25, 0.3) is 0 Å². The van der Waals surface area contributed by atoms with Crippen LogP contribution in [-0.4, -0.2) is 32.1 Å². The third kappa shape index (κ3) is 5.05. The van der Waals surface area contributed by atoms with E-state index in [-0.39, 0.29) is 0 Å². The summed E-state index contributed by atoms with van der Waals surface area (Å²) >= 11 is 0. The molecule has 0 spiro atoms. The van der Waals surface area contributed by atoms with Gasteiger partial charge in [-0.2, -0.15) is 4.72 Å². The average molecular weight is 313 g/mol. The van der Waals surface area contributed by atoms with Crippen LogP contribution in [0.4, 0.5) is 13.2 Å². The topological polar surface area (TPSA) is 92.7 Å². The first-order valence-corrected chi connectivity index (χ1v) is 6.93. The van der Waals surface area contributed by atoms with E-state index in [0.717, 1.165) is 12.1 Å². The Hall–Kier alpha value is -1.81. The van der Waals surface area contributed by atoms with Gasteiger partial charge in [-0.3, -0.25) is 4.79 Å². The van der Waals surface area contributed by atoms with Crippen molar-refractivity contribution in [1.82, 2.24) is 4.72 Å². The van der Waals surface area contributed by atoms with E-state index in [1.54, 1.807) is 4.72 Å². The molecule has 1 aromatic rings.